The number of carbonyl (C=O) groups is 3. The van der Waals surface area contributed by atoms with Crippen LogP contribution in [0.25, 0.3) is 0 Å². The largest absolute Gasteiger partial charge is 0.337 e. The van der Waals surface area contributed by atoms with Crippen LogP contribution < -0.4 is 0 Å². The van der Waals surface area contributed by atoms with E-state index in [9.17, 15) is 14.4 Å². The molecule has 9 heteroatoms. The molecule has 0 atom stereocenters. The topological polar surface area (TPSA) is 116 Å². The van der Waals surface area contributed by atoms with Crippen molar-refractivity contribution >= 4 is 35.0 Å². The minimum absolute atomic E-state index is 0.000752. The number of hydrogen-bond donors (Lipinski definition) is 0. The van der Waals surface area contributed by atoms with Crippen LogP contribution in [-0.4, -0.2) is 35.0 Å². The average Bonchev–Trinajstić information content (AvgIpc) is 2.76. The molecule has 0 N–H and O–H groups in total. The number of carbonyl (C=O) groups excluding carboxylic acids is 3. The summed E-state index contributed by atoms with van der Waals surface area (Å²) in [6.07, 6.45) is 0.257. The summed E-state index contributed by atoms with van der Waals surface area (Å²) in [5, 5.41) is 11.9. The van der Waals surface area contributed by atoms with Crippen LogP contribution in [0.4, 0.5) is 0 Å². The maximum atomic E-state index is 12.0. The first-order valence-electron chi connectivity index (χ1n) is 10.5. The Bertz CT molecular complexity index is 886. The molecule has 0 bridgehead atoms. The highest BCUT2D eigenvalue weighted by atomic mass is 16.7. The maximum absolute atomic E-state index is 12.0. The van der Waals surface area contributed by atoms with E-state index >= 15 is 0 Å². The van der Waals surface area contributed by atoms with Gasteiger partial charge in [0, 0.05) is 5.56 Å². The molecule has 0 aromatic heterocycles. The van der Waals surface area contributed by atoms with Crippen LogP contribution in [-0.2, 0) is 28.9 Å². The first-order chi connectivity index (χ1) is 15.1. The summed E-state index contributed by atoms with van der Waals surface area (Å²) >= 11 is 0. The van der Waals surface area contributed by atoms with Gasteiger partial charge in [-0.05, 0) is 6.42 Å². The second-order valence-corrected chi connectivity index (χ2v) is 7.83. The van der Waals surface area contributed by atoms with Gasteiger partial charge in [0.2, 0.25) is 0 Å². The molecule has 0 unspecified atom stereocenters. The highest BCUT2D eigenvalue weighted by molar-refractivity contribution is 6.71. The zero-order valence-corrected chi connectivity index (χ0v) is 19.6. The van der Waals surface area contributed by atoms with Crippen LogP contribution >= 0.6 is 0 Å². The Hall–Kier alpha value is -3.36. The van der Waals surface area contributed by atoms with Gasteiger partial charge in [-0.1, -0.05) is 94.3 Å². The molecule has 0 aliphatic carbocycles. The van der Waals surface area contributed by atoms with Gasteiger partial charge in [0.25, 0.3) is 0 Å². The number of benzene rings is 1. The van der Waals surface area contributed by atoms with Crippen LogP contribution in [0.3, 0.4) is 0 Å². The lowest BCUT2D eigenvalue weighted by molar-refractivity contribution is -0.148. The maximum Gasteiger partial charge on any atom is 0.337 e. The normalized spacial score (nSPS) is 12.9. The van der Waals surface area contributed by atoms with Crippen molar-refractivity contribution < 1.29 is 28.9 Å². The van der Waals surface area contributed by atoms with Crippen LogP contribution in [0.5, 0.6) is 0 Å². The van der Waals surface area contributed by atoms with Crippen molar-refractivity contribution in [1.82, 2.24) is 0 Å². The molecule has 9 nitrogen and oxygen atoms in total. The lowest BCUT2D eigenvalue weighted by Gasteiger charge is -2.12. The van der Waals surface area contributed by atoms with Gasteiger partial charge in [-0.2, -0.15) is 0 Å². The second kappa shape index (κ2) is 13.1. The van der Waals surface area contributed by atoms with Gasteiger partial charge in [0.05, 0.1) is 17.8 Å². The Kier molecular flexibility index (Phi) is 11.0. The van der Waals surface area contributed by atoms with Crippen molar-refractivity contribution in [2.45, 2.75) is 54.9 Å². The van der Waals surface area contributed by atoms with E-state index in [0.29, 0.717) is 5.56 Å². The van der Waals surface area contributed by atoms with Crippen LogP contribution in [0.15, 0.2) is 45.8 Å². The van der Waals surface area contributed by atoms with E-state index in [0.717, 1.165) is 0 Å². The summed E-state index contributed by atoms with van der Waals surface area (Å²) in [6, 6.07) is 8.75. The minimum atomic E-state index is -0.580. The number of oxime groups is 3. The summed E-state index contributed by atoms with van der Waals surface area (Å²) in [5.74, 6) is -2.93. The van der Waals surface area contributed by atoms with E-state index in [4.69, 9.17) is 14.5 Å². The molecule has 32 heavy (non-hydrogen) atoms. The zero-order chi connectivity index (χ0) is 24.3. The fourth-order valence-electron chi connectivity index (χ4n) is 1.93. The monoisotopic (exact) mass is 445 g/mol. The highest BCUT2D eigenvalue weighted by Crippen LogP contribution is 2.10. The lowest BCUT2D eigenvalue weighted by atomic mass is 10.0. The van der Waals surface area contributed by atoms with Gasteiger partial charge in [0.15, 0.2) is 5.71 Å². The van der Waals surface area contributed by atoms with Crippen LogP contribution in [0.2, 0.25) is 0 Å². The van der Waals surface area contributed by atoms with E-state index in [1.807, 2.05) is 0 Å². The van der Waals surface area contributed by atoms with Gasteiger partial charge in [-0.3, -0.25) is 0 Å². The summed E-state index contributed by atoms with van der Waals surface area (Å²) < 4.78 is 0. The Morgan fingerprint density at radius 1 is 0.719 bits per heavy atom. The molecule has 0 aliphatic rings. The van der Waals surface area contributed by atoms with Crippen molar-refractivity contribution in [2.24, 2.45) is 33.2 Å². The van der Waals surface area contributed by atoms with Gasteiger partial charge in [-0.25, -0.2) is 14.4 Å². The number of rotatable bonds is 10. The molecule has 0 fully saturated rings. The predicted octanol–water partition coefficient (Wildman–Crippen LogP) is 4.11. The molecule has 0 amide bonds. The quantitative estimate of drug-likeness (QED) is 0.304. The SMILES string of the molecule is CCC(=N\OC(=O)C(C)C)/C(=N\OC(=O)C(C)C)C(=N/OC(=O)C(C)C)/c1ccccc1. The highest BCUT2D eigenvalue weighted by Gasteiger charge is 2.23. The lowest BCUT2D eigenvalue weighted by Crippen LogP contribution is -2.28. The van der Waals surface area contributed by atoms with Gasteiger partial charge < -0.3 is 14.5 Å². The molecule has 1 aromatic carbocycles. The van der Waals surface area contributed by atoms with Crippen molar-refractivity contribution in [3.8, 4) is 0 Å². The summed E-state index contributed by atoms with van der Waals surface area (Å²) in [6.45, 7) is 11.8. The molecule has 0 aliphatic heterocycles. The fraction of sp³-hybridized carbons (Fsp3) is 0.478. The first-order valence-corrected chi connectivity index (χ1v) is 10.5. The third kappa shape index (κ3) is 8.41. The molecule has 1 rings (SSSR count). The van der Waals surface area contributed by atoms with E-state index in [2.05, 4.69) is 15.5 Å². The number of nitrogens with zero attached hydrogens (tertiary/aromatic N) is 3. The number of hydrogen-bond acceptors (Lipinski definition) is 9. The Morgan fingerprint density at radius 2 is 1.16 bits per heavy atom. The third-order valence-electron chi connectivity index (χ3n) is 3.99. The molecule has 0 radical (unpaired) electrons. The first kappa shape index (κ1) is 26.7. The van der Waals surface area contributed by atoms with Crippen molar-refractivity contribution in [3.05, 3.63) is 35.9 Å². The molecule has 174 valence electrons. The van der Waals surface area contributed by atoms with E-state index in [1.54, 1.807) is 78.8 Å². The Balaban J connectivity index is 3.58. The van der Waals surface area contributed by atoms with E-state index in [1.165, 1.54) is 0 Å². The van der Waals surface area contributed by atoms with Crippen molar-refractivity contribution in [2.75, 3.05) is 0 Å². The third-order valence-corrected chi connectivity index (χ3v) is 3.99. The van der Waals surface area contributed by atoms with E-state index in [-0.39, 0.29) is 23.6 Å². The molecule has 0 saturated heterocycles. The van der Waals surface area contributed by atoms with Gasteiger partial charge in [-0.15, -0.1) is 0 Å². The average molecular weight is 446 g/mol. The van der Waals surface area contributed by atoms with Crippen molar-refractivity contribution in [3.63, 3.8) is 0 Å². The van der Waals surface area contributed by atoms with Gasteiger partial charge in [0.1, 0.15) is 11.4 Å². The zero-order valence-electron chi connectivity index (χ0n) is 19.6. The standard InChI is InChI=1S/C23H31N3O6/c1-8-18(24-30-21(27)14(2)3)20(26-32-23(29)16(6)7)19(17-12-10-9-11-13-17)25-31-22(28)15(4)5/h9-16H,8H2,1-7H3/b24-18+,25-19+,26-20+. The van der Waals surface area contributed by atoms with Crippen LogP contribution in [0, 0.1) is 17.8 Å². The molecule has 0 spiro atoms. The second-order valence-electron chi connectivity index (χ2n) is 7.83. The summed E-state index contributed by atoms with van der Waals surface area (Å²) in [5.41, 5.74) is 0.802. The molecular formula is C23H31N3O6. The molecular weight excluding hydrogens is 414 g/mol. The smallest absolute Gasteiger partial charge is 0.318 e. The minimum Gasteiger partial charge on any atom is -0.318 e. The molecule has 1 aromatic rings. The predicted molar refractivity (Wildman–Crippen MR) is 121 cm³/mol. The fourth-order valence-corrected chi connectivity index (χ4v) is 1.93. The van der Waals surface area contributed by atoms with Crippen LogP contribution in [0.1, 0.15) is 60.5 Å². The van der Waals surface area contributed by atoms with Gasteiger partial charge >= 0.3 is 17.9 Å². The summed E-state index contributed by atoms with van der Waals surface area (Å²) in [7, 11) is 0. The Labute approximate surface area is 188 Å². The molecule has 0 saturated carbocycles. The summed E-state index contributed by atoms with van der Waals surface area (Å²) in [4.78, 5) is 51.1. The Morgan fingerprint density at radius 3 is 1.59 bits per heavy atom. The van der Waals surface area contributed by atoms with Crippen molar-refractivity contribution in [1.29, 1.82) is 0 Å². The van der Waals surface area contributed by atoms with E-state index < -0.39 is 35.7 Å². The molecule has 0 heterocycles.